The predicted molar refractivity (Wildman–Crippen MR) is 116 cm³/mol. The van der Waals surface area contributed by atoms with Crippen LogP contribution in [0.1, 0.15) is 21.5 Å². The number of benzene rings is 3. The standard InChI is InChI=1S/C24H18FN3OS/c1-28-23(19-8-4-5-9-21(19)25)26-27-24(28)30-14-22(29)17-11-10-16-12-15-6-2-3-7-18(15)20(16)13-17/h2-11,13H,12,14H2,1H3. The fourth-order valence-corrected chi connectivity index (χ4v) is 4.63. The van der Waals surface area contributed by atoms with Crippen molar-refractivity contribution in [3.05, 3.63) is 89.2 Å². The van der Waals surface area contributed by atoms with Crippen molar-refractivity contribution in [1.82, 2.24) is 14.8 Å². The second kappa shape index (κ2) is 7.54. The quantitative estimate of drug-likeness (QED) is 0.294. The highest BCUT2D eigenvalue weighted by Gasteiger charge is 2.20. The summed E-state index contributed by atoms with van der Waals surface area (Å²) in [6.07, 6.45) is 0.909. The van der Waals surface area contributed by atoms with Crippen molar-refractivity contribution >= 4 is 17.5 Å². The first kappa shape index (κ1) is 18.8. The molecule has 0 amide bonds. The van der Waals surface area contributed by atoms with E-state index in [1.54, 1.807) is 29.8 Å². The molecule has 3 aromatic carbocycles. The molecule has 1 aliphatic rings. The number of Topliss-reactive ketones (excluding diaryl/α,β-unsaturated/α-hetero) is 1. The molecule has 30 heavy (non-hydrogen) atoms. The van der Waals surface area contributed by atoms with Gasteiger partial charge in [-0.25, -0.2) is 4.39 Å². The van der Waals surface area contributed by atoms with E-state index in [0.29, 0.717) is 22.1 Å². The number of hydrogen-bond donors (Lipinski definition) is 0. The molecule has 0 aliphatic heterocycles. The average Bonchev–Trinajstić information content (AvgIpc) is 3.32. The molecule has 1 aliphatic carbocycles. The zero-order valence-electron chi connectivity index (χ0n) is 16.3. The lowest BCUT2D eigenvalue weighted by Crippen LogP contribution is -2.04. The van der Waals surface area contributed by atoms with Crippen molar-refractivity contribution in [2.75, 3.05) is 5.75 Å². The lowest BCUT2D eigenvalue weighted by atomic mass is 10.0. The highest BCUT2D eigenvalue weighted by Crippen LogP contribution is 2.37. The summed E-state index contributed by atoms with van der Waals surface area (Å²) in [5.41, 5.74) is 5.98. The van der Waals surface area contributed by atoms with Gasteiger partial charge in [-0.15, -0.1) is 10.2 Å². The maximum atomic E-state index is 14.1. The Morgan fingerprint density at radius 1 is 0.967 bits per heavy atom. The predicted octanol–water partition coefficient (Wildman–Crippen LogP) is 5.17. The topological polar surface area (TPSA) is 47.8 Å². The summed E-state index contributed by atoms with van der Waals surface area (Å²) < 4.78 is 15.8. The Labute approximate surface area is 177 Å². The number of thioether (sulfide) groups is 1. The van der Waals surface area contributed by atoms with Crippen LogP contribution in [0.15, 0.2) is 71.9 Å². The van der Waals surface area contributed by atoms with E-state index in [4.69, 9.17) is 0 Å². The van der Waals surface area contributed by atoms with E-state index < -0.39 is 0 Å². The SMILES string of the molecule is Cn1c(SCC(=O)c2ccc3c(c2)-c2ccccc2C3)nnc1-c1ccccc1F. The summed E-state index contributed by atoms with van der Waals surface area (Å²) in [5, 5.41) is 8.83. The first-order valence-electron chi connectivity index (χ1n) is 9.63. The van der Waals surface area contributed by atoms with Crippen LogP contribution in [-0.2, 0) is 13.5 Å². The molecule has 0 spiro atoms. The molecule has 0 saturated heterocycles. The largest absolute Gasteiger partial charge is 0.305 e. The molecule has 0 radical (unpaired) electrons. The van der Waals surface area contributed by atoms with Crippen LogP contribution in [0.5, 0.6) is 0 Å². The molecule has 0 bridgehead atoms. The summed E-state index contributed by atoms with van der Waals surface area (Å²) >= 11 is 1.31. The van der Waals surface area contributed by atoms with Crippen LogP contribution in [0.2, 0.25) is 0 Å². The molecular weight excluding hydrogens is 397 g/mol. The minimum atomic E-state index is -0.348. The Hall–Kier alpha value is -3.25. The number of hydrogen-bond acceptors (Lipinski definition) is 4. The fourth-order valence-electron chi connectivity index (χ4n) is 3.83. The van der Waals surface area contributed by atoms with E-state index in [1.165, 1.54) is 34.5 Å². The van der Waals surface area contributed by atoms with Crippen molar-refractivity contribution in [1.29, 1.82) is 0 Å². The fraction of sp³-hybridized carbons (Fsp3) is 0.125. The lowest BCUT2D eigenvalue weighted by molar-refractivity contribution is 0.102. The molecule has 4 aromatic rings. The van der Waals surface area contributed by atoms with Crippen LogP contribution in [-0.4, -0.2) is 26.3 Å². The minimum absolute atomic E-state index is 0.0302. The molecular formula is C24H18FN3OS. The van der Waals surface area contributed by atoms with E-state index in [-0.39, 0.29) is 17.4 Å². The third kappa shape index (κ3) is 3.23. The van der Waals surface area contributed by atoms with Crippen molar-refractivity contribution in [2.24, 2.45) is 7.05 Å². The van der Waals surface area contributed by atoms with E-state index in [0.717, 1.165) is 12.0 Å². The molecule has 4 nitrogen and oxygen atoms in total. The van der Waals surface area contributed by atoms with Crippen LogP contribution in [0, 0.1) is 5.82 Å². The highest BCUT2D eigenvalue weighted by molar-refractivity contribution is 7.99. The first-order valence-corrected chi connectivity index (χ1v) is 10.6. The molecule has 5 rings (SSSR count). The molecule has 148 valence electrons. The third-order valence-corrected chi connectivity index (χ3v) is 6.42. The molecule has 0 unspecified atom stereocenters. The number of ketones is 1. The van der Waals surface area contributed by atoms with Gasteiger partial charge in [-0.3, -0.25) is 4.79 Å². The molecule has 1 aromatic heterocycles. The van der Waals surface area contributed by atoms with Crippen LogP contribution in [0.25, 0.3) is 22.5 Å². The monoisotopic (exact) mass is 415 g/mol. The van der Waals surface area contributed by atoms with E-state index >= 15 is 0 Å². The summed E-state index contributed by atoms with van der Waals surface area (Å²) in [4.78, 5) is 12.8. The number of aromatic nitrogens is 3. The van der Waals surface area contributed by atoms with Gasteiger partial charge < -0.3 is 4.57 Å². The summed E-state index contributed by atoms with van der Waals surface area (Å²) in [6, 6.07) is 20.7. The van der Waals surface area contributed by atoms with Gasteiger partial charge >= 0.3 is 0 Å². The van der Waals surface area contributed by atoms with Gasteiger partial charge in [0.15, 0.2) is 16.8 Å². The van der Waals surface area contributed by atoms with Gasteiger partial charge in [0.2, 0.25) is 0 Å². The smallest absolute Gasteiger partial charge is 0.191 e. The van der Waals surface area contributed by atoms with E-state index in [1.807, 2.05) is 30.3 Å². The maximum absolute atomic E-state index is 14.1. The van der Waals surface area contributed by atoms with Crippen LogP contribution in [0.3, 0.4) is 0 Å². The second-order valence-electron chi connectivity index (χ2n) is 7.26. The third-order valence-electron chi connectivity index (χ3n) is 5.40. The van der Waals surface area contributed by atoms with Crippen molar-refractivity contribution in [2.45, 2.75) is 11.6 Å². The molecule has 0 N–H and O–H groups in total. The van der Waals surface area contributed by atoms with E-state index in [9.17, 15) is 9.18 Å². The van der Waals surface area contributed by atoms with Gasteiger partial charge in [0.1, 0.15) is 5.82 Å². The Morgan fingerprint density at radius 2 is 1.70 bits per heavy atom. The van der Waals surface area contributed by atoms with Crippen molar-refractivity contribution in [3.63, 3.8) is 0 Å². The Bertz CT molecular complexity index is 1280. The van der Waals surface area contributed by atoms with Crippen LogP contribution >= 0.6 is 11.8 Å². The Morgan fingerprint density at radius 3 is 2.53 bits per heavy atom. The number of rotatable bonds is 5. The van der Waals surface area contributed by atoms with Crippen LogP contribution in [0.4, 0.5) is 4.39 Å². The minimum Gasteiger partial charge on any atom is -0.305 e. The average molecular weight is 415 g/mol. The van der Waals surface area contributed by atoms with Crippen molar-refractivity contribution < 1.29 is 9.18 Å². The van der Waals surface area contributed by atoms with Crippen molar-refractivity contribution in [3.8, 4) is 22.5 Å². The molecule has 1 heterocycles. The molecule has 6 heteroatoms. The van der Waals surface area contributed by atoms with Gasteiger partial charge in [-0.1, -0.05) is 60.3 Å². The second-order valence-corrected chi connectivity index (χ2v) is 8.21. The lowest BCUT2D eigenvalue weighted by Gasteiger charge is -2.06. The summed E-state index contributed by atoms with van der Waals surface area (Å²) in [5.74, 6) is 0.364. The number of fused-ring (bicyclic) bond motifs is 3. The molecule has 0 saturated carbocycles. The van der Waals surface area contributed by atoms with Gasteiger partial charge in [0, 0.05) is 12.6 Å². The van der Waals surface area contributed by atoms with Gasteiger partial charge in [-0.2, -0.15) is 0 Å². The van der Waals surface area contributed by atoms with Gasteiger partial charge in [-0.05, 0) is 46.9 Å². The zero-order chi connectivity index (χ0) is 20.7. The van der Waals surface area contributed by atoms with E-state index in [2.05, 4.69) is 22.3 Å². The maximum Gasteiger partial charge on any atom is 0.191 e. The first-order chi connectivity index (χ1) is 14.6. The molecule has 0 fully saturated rings. The number of nitrogens with zero attached hydrogens (tertiary/aromatic N) is 3. The van der Waals surface area contributed by atoms with Gasteiger partial charge in [0.25, 0.3) is 0 Å². The Kier molecular flexibility index (Phi) is 4.71. The summed E-state index contributed by atoms with van der Waals surface area (Å²) in [6.45, 7) is 0. The molecule has 0 atom stereocenters. The Balaban J connectivity index is 1.34. The van der Waals surface area contributed by atoms with Gasteiger partial charge in [0.05, 0.1) is 11.3 Å². The zero-order valence-corrected chi connectivity index (χ0v) is 17.1. The summed E-state index contributed by atoms with van der Waals surface area (Å²) in [7, 11) is 1.78. The number of carbonyl (C=O) groups is 1. The normalized spacial score (nSPS) is 11.9. The van der Waals surface area contributed by atoms with Crippen LogP contribution < -0.4 is 0 Å². The number of carbonyl (C=O) groups excluding carboxylic acids is 1. The highest BCUT2D eigenvalue weighted by atomic mass is 32.2. The number of halogens is 1.